The molecular weight excluding hydrogens is 378 g/mol. The summed E-state index contributed by atoms with van der Waals surface area (Å²) in [6, 6.07) is 4.91. The third-order valence-corrected chi connectivity index (χ3v) is 6.90. The lowest BCUT2D eigenvalue weighted by molar-refractivity contribution is 0.0521. The van der Waals surface area contributed by atoms with E-state index in [1.165, 1.54) is 0 Å². The molecule has 0 aliphatic heterocycles. The SMILES string of the molecule is CCOC(=O)c1cn(COCC[Si](C)(C)C)c2cc(SC)c(C)cc2c1=O. The van der Waals surface area contributed by atoms with Crippen LogP contribution < -0.4 is 5.43 Å². The molecule has 2 aromatic rings. The third-order valence-electron chi connectivity index (χ3n) is 4.32. The number of thioether (sulfide) groups is 1. The summed E-state index contributed by atoms with van der Waals surface area (Å²) in [6.07, 6.45) is 3.57. The number of fused-ring (bicyclic) bond motifs is 1. The molecule has 2 rings (SSSR count). The minimum atomic E-state index is -1.18. The van der Waals surface area contributed by atoms with E-state index in [4.69, 9.17) is 9.47 Å². The zero-order valence-electron chi connectivity index (χ0n) is 17.0. The van der Waals surface area contributed by atoms with Gasteiger partial charge in [-0.05, 0) is 43.8 Å². The molecule has 0 unspecified atom stereocenters. The molecule has 148 valence electrons. The molecule has 7 heteroatoms. The van der Waals surface area contributed by atoms with E-state index in [1.807, 2.05) is 29.9 Å². The number of rotatable bonds is 8. The topological polar surface area (TPSA) is 57.5 Å². The number of aromatic nitrogens is 1. The largest absolute Gasteiger partial charge is 0.462 e. The van der Waals surface area contributed by atoms with Crippen molar-refractivity contribution in [3.63, 3.8) is 0 Å². The zero-order valence-corrected chi connectivity index (χ0v) is 18.9. The molecule has 0 aliphatic carbocycles. The summed E-state index contributed by atoms with van der Waals surface area (Å²) in [6.45, 7) is 11.8. The van der Waals surface area contributed by atoms with Gasteiger partial charge in [0.25, 0.3) is 0 Å². The van der Waals surface area contributed by atoms with Crippen LogP contribution in [0.5, 0.6) is 0 Å². The number of nitrogens with zero attached hydrogens (tertiary/aromatic N) is 1. The van der Waals surface area contributed by atoms with Gasteiger partial charge in [0.2, 0.25) is 5.43 Å². The van der Waals surface area contributed by atoms with Crippen LogP contribution in [0.1, 0.15) is 22.8 Å². The molecule has 0 saturated carbocycles. The Morgan fingerprint density at radius 1 is 1.26 bits per heavy atom. The summed E-state index contributed by atoms with van der Waals surface area (Å²) in [4.78, 5) is 26.2. The Kier molecular flexibility index (Phi) is 7.30. The quantitative estimate of drug-likeness (QED) is 0.279. The summed E-state index contributed by atoms with van der Waals surface area (Å²) in [5.41, 5.74) is 1.54. The van der Waals surface area contributed by atoms with Crippen molar-refractivity contribution in [2.45, 2.75) is 51.2 Å². The Bertz CT molecular complexity index is 886. The van der Waals surface area contributed by atoms with Crippen LogP contribution in [0.4, 0.5) is 0 Å². The van der Waals surface area contributed by atoms with E-state index in [1.54, 1.807) is 24.9 Å². The molecule has 0 aliphatic rings. The number of hydrogen-bond acceptors (Lipinski definition) is 5. The predicted octanol–water partition coefficient (Wildman–Crippen LogP) is 4.52. The smallest absolute Gasteiger partial charge is 0.343 e. The summed E-state index contributed by atoms with van der Waals surface area (Å²) in [7, 11) is -1.18. The number of aryl methyl sites for hydroxylation is 1. The van der Waals surface area contributed by atoms with E-state index in [0.29, 0.717) is 18.7 Å². The lowest BCUT2D eigenvalue weighted by atomic mass is 10.1. The number of ether oxygens (including phenoxy) is 2. The molecule has 27 heavy (non-hydrogen) atoms. The van der Waals surface area contributed by atoms with Gasteiger partial charge >= 0.3 is 5.97 Å². The molecule has 0 radical (unpaired) electrons. The molecule has 5 nitrogen and oxygen atoms in total. The van der Waals surface area contributed by atoms with Gasteiger partial charge in [-0.15, -0.1) is 11.8 Å². The molecule has 1 heterocycles. The van der Waals surface area contributed by atoms with Crippen LogP contribution in [0.15, 0.2) is 28.0 Å². The minimum Gasteiger partial charge on any atom is -0.462 e. The van der Waals surface area contributed by atoms with Gasteiger partial charge < -0.3 is 14.0 Å². The lowest BCUT2D eigenvalue weighted by Gasteiger charge is -2.18. The third kappa shape index (κ3) is 5.46. The number of carbonyl (C=O) groups is 1. The first-order valence-corrected chi connectivity index (χ1v) is 14.1. The fourth-order valence-electron chi connectivity index (χ4n) is 2.75. The van der Waals surface area contributed by atoms with Crippen LogP contribution in [0.25, 0.3) is 10.9 Å². The normalized spacial score (nSPS) is 11.8. The van der Waals surface area contributed by atoms with Gasteiger partial charge in [0.1, 0.15) is 12.3 Å². The van der Waals surface area contributed by atoms with Gasteiger partial charge in [-0.25, -0.2) is 4.79 Å². The highest BCUT2D eigenvalue weighted by Gasteiger charge is 2.18. The van der Waals surface area contributed by atoms with Crippen LogP contribution >= 0.6 is 11.8 Å². The van der Waals surface area contributed by atoms with Crippen LogP contribution in [0.3, 0.4) is 0 Å². The molecule has 0 bridgehead atoms. The maximum Gasteiger partial charge on any atom is 0.343 e. The second-order valence-corrected chi connectivity index (χ2v) is 14.2. The van der Waals surface area contributed by atoms with Crippen molar-refractivity contribution in [1.82, 2.24) is 4.57 Å². The zero-order chi connectivity index (χ0) is 20.2. The van der Waals surface area contributed by atoms with Gasteiger partial charge in [0.05, 0.1) is 12.1 Å². The molecule has 1 aromatic carbocycles. The number of benzene rings is 1. The first-order valence-electron chi connectivity index (χ1n) is 9.14. The van der Waals surface area contributed by atoms with Gasteiger partial charge in [0, 0.05) is 31.2 Å². The Morgan fingerprint density at radius 3 is 2.56 bits per heavy atom. The van der Waals surface area contributed by atoms with Gasteiger partial charge in [0.15, 0.2) is 0 Å². The molecule has 0 saturated heterocycles. The fraction of sp³-hybridized carbons (Fsp3) is 0.500. The highest BCUT2D eigenvalue weighted by Crippen LogP contribution is 2.25. The Labute approximate surface area is 166 Å². The van der Waals surface area contributed by atoms with Gasteiger partial charge in [-0.3, -0.25) is 4.79 Å². The van der Waals surface area contributed by atoms with E-state index in [9.17, 15) is 9.59 Å². The summed E-state index contributed by atoms with van der Waals surface area (Å²) >= 11 is 1.63. The number of pyridine rings is 1. The van der Waals surface area contributed by atoms with Crippen molar-refractivity contribution in [2.75, 3.05) is 19.5 Å². The van der Waals surface area contributed by atoms with E-state index in [-0.39, 0.29) is 17.6 Å². The lowest BCUT2D eigenvalue weighted by Crippen LogP contribution is -2.23. The molecular formula is C20H29NO4SSi. The van der Waals surface area contributed by atoms with Crippen molar-refractivity contribution >= 4 is 36.7 Å². The maximum absolute atomic E-state index is 12.9. The number of hydrogen-bond donors (Lipinski definition) is 0. The molecule has 0 amide bonds. The first-order chi connectivity index (χ1) is 12.7. The second kappa shape index (κ2) is 9.08. The van der Waals surface area contributed by atoms with Crippen LogP contribution in [0, 0.1) is 6.92 Å². The van der Waals surface area contributed by atoms with Gasteiger partial charge in [-0.1, -0.05) is 19.6 Å². The minimum absolute atomic E-state index is 0.0504. The highest BCUT2D eigenvalue weighted by atomic mass is 32.2. The molecule has 1 aromatic heterocycles. The number of carbonyl (C=O) groups excluding carboxylic acids is 1. The van der Waals surface area contributed by atoms with E-state index < -0.39 is 14.0 Å². The monoisotopic (exact) mass is 407 g/mol. The highest BCUT2D eigenvalue weighted by molar-refractivity contribution is 7.98. The first kappa shape index (κ1) is 21.7. The summed E-state index contributed by atoms with van der Waals surface area (Å²) in [5, 5.41) is 0.518. The Hall–Kier alpha value is -1.57. The van der Waals surface area contributed by atoms with Gasteiger partial charge in [-0.2, -0.15) is 0 Å². The molecule has 0 N–H and O–H groups in total. The predicted molar refractivity (Wildman–Crippen MR) is 115 cm³/mol. The Morgan fingerprint density at radius 2 is 1.96 bits per heavy atom. The van der Waals surface area contributed by atoms with Crippen LogP contribution in [-0.4, -0.2) is 38.1 Å². The molecule has 0 fully saturated rings. The maximum atomic E-state index is 12.9. The average Bonchev–Trinajstić information content (AvgIpc) is 2.59. The van der Waals surface area contributed by atoms with Crippen molar-refractivity contribution in [1.29, 1.82) is 0 Å². The van der Waals surface area contributed by atoms with Crippen molar-refractivity contribution in [3.8, 4) is 0 Å². The molecule has 0 atom stereocenters. The summed E-state index contributed by atoms with van der Waals surface area (Å²) in [5.74, 6) is -0.591. The van der Waals surface area contributed by atoms with Crippen molar-refractivity contribution < 1.29 is 14.3 Å². The fourth-order valence-corrected chi connectivity index (χ4v) is 4.12. The standard InChI is InChI=1S/C20H29NO4SSi/c1-7-25-20(23)16-12-21(13-24-8-9-27(4,5)6)17-11-18(26-3)14(2)10-15(17)19(16)22/h10-12H,7-9,13H2,1-6H3. The van der Waals surface area contributed by atoms with Crippen LogP contribution in [0.2, 0.25) is 25.7 Å². The summed E-state index contributed by atoms with van der Waals surface area (Å²) < 4.78 is 12.8. The van der Waals surface area contributed by atoms with Crippen LogP contribution in [-0.2, 0) is 16.2 Å². The van der Waals surface area contributed by atoms with E-state index in [0.717, 1.165) is 22.0 Å². The molecule has 0 spiro atoms. The van der Waals surface area contributed by atoms with Crippen molar-refractivity contribution in [3.05, 3.63) is 39.7 Å². The van der Waals surface area contributed by atoms with E-state index in [2.05, 4.69) is 19.6 Å². The Balaban J connectivity index is 2.49. The van der Waals surface area contributed by atoms with E-state index >= 15 is 0 Å². The number of esters is 1. The van der Waals surface area contributed by atoms with Crippen molar-refractivity contribution in [2.24, 2.45) is 0 Å². The average molecular weight is 408 g/mol. The second-order valence-electron chi connectivity index (χ2n) is 7.75.